The molecule has 0 heterocycles. The van der Waals surface area contributed by atoms with Crippen LogP contribution in [0.25, 0.3) is 0 Å². The molecule has 52 valence electrons. The van der Waals surface area contributed by atoms with E-state index in [0.29, 0.717) is 0 Å². The minimum absolute atomic E-state index is 1.05. The van der Waals surface area contributed by atoms with Crippen molar-refractivity contribution in [1.29, 1.82) is 0 Å². The molecule has 1 heteroatoms. The molecule has 0 aromatic heterocycles. The van der Waals surface area contributed by atoms with E-state index in [1.807, 2.05) is 19.2 Å². The quantitative estimate of drug-likeness (QED) is 0.564. The topological polar surface area (TPSA) is 12.0 Å². The molecule has 0 aromatic carbocycles. The lowest BCUT2D eigenvalue weighted by Gasteiger charge is -1.96. The summed E-state index contributed by atoms with van der Waals surface area (Å²) in [6.07, 6.45) is 4.98. The van der Waals surface area contributed by atoms with Gasteiger partial charge in [-0.3, -0.25) is 0 Å². The third-order valence-electron chi connectivity index (χ3n) is 1.17. The Morgan fingerprint density at radius 3 is 2.78 bits per heavy atom. The third-order valence-corrected chi connectivity index (χ3v) is 1.17. The van der Waals surface area contributed by atoms with Crippen LogP contribution in [0, 0.1) is 0 Å². The van der Waals surface area contributed by atoms with Gasteiger partial charge in [0.25, 0.3) is 0 Å². The maximum absolute atomic E-state index is 3.61. The molecule has 0 aliphatic rings. The molecule has 0 radical (unpaired) electrons. The summed E-state index contributed by atoms with van der Waals surface area (Å²) in [6, 6.07) is 0. The second-order valence-electron chi connectivity index (χ2n) is 2.10. The van der Waals surface area contributed by atoms with Gasteiger partial charge in [0.1, 0.15) is 0 Å². The average molecular weight is 125 g/mol. The van der Waals surface area contributed by atoms with Crippen molar-refractivity contribution in [1.82, 2.24) is 5.32 Å². The Bertz CT molecular complexity index is 103. The van der Waals surface area contributed by atoms with E-state index in [9.17, 15) is 0 Å². The van der Waals surface area contributed by atoms with Crippen molar-refractivity contribution >= 4 is 0 Å². The molecule has 1 N–H and O–H groups in total. The molecule has 0 rings (SSSR count). The summed E-state index contributed by atoms with van der Waals surface area (Å²) in [5.41, 5.74) is 1.37. The zero-order valence-corrected chi connectivity index (χ0v) is 6.28. The maximum Gasteiger partial charge on any atom is -0.00146 e. The predicted molar refractivity (Wildman–Crippen MR) is 42.5 cm³/mol. The van der Waals surface area contributed by atoms with Gasteiger partial charge in [0, 0.05) is 0 Å². The van der Waals surface area contributed by atoms with E-state index in [1.54, 1.807) is 0 Å². The first-order valence-electron chi connectivity index (χ1n) is 3.24. The number of rotatable bonds is 4. The van der Waals surface area contributed by atoms with Gasteiger partial charge < -0.3 is 5.32 Å². The summed E-state index contributed by atoms with van der Waals surface area (Å²) in [5.74, 6) is 0. The van der Waals surface area contributed by atoms with Crippen molar-refractivity contribution in [2.24, 2.45) is 0 Å². The summed E-state index contributed by atoms with van der Waals surface area (Å²) in [4.78, 5) is 0. The van der Waals surface area contributed by atoms with Crippen LogP contribution < -0.4 is 5.32 Å². The van der Waals surface area contributed by atoms with E-state index in [0.717, 1.165) is 13.0 Å². The SMILES string of the molecule is C=C/C=C(\C)CCNC. The molecule has 9 heavy (non-hydrogen) atoms. The van der Waals surface area contributed by atoms with Crippen molar-refractivity contribution < 1.29 is 0 Å². The lowest BCUT2D eigenvalue weighted by molar-refractivity contribution is 0.785. The molecular formula is C8H15N. The molecular weight excluding hydrogens is 110 g/mol. The van der Waals surface area contributed by atoms with Gasteiger partial charge >= 0.3 is 0 Å². The Morgan fingerprint density at radius 1 is 1.67 bits per heavy atom. The van der Waals surface area contributed by atoms with Gasteiger partial charge in [-0.25, -0.2) is 0 Å². The van der Waals surface area contributed by atoms with E-state index >= 15 is 0 Å². The van der Waals surface area contributed by atoms with Crippen LogP contribution in [0.1, 0.15) is 13.3 Å². The van der Waals surface area contributed by atoms with Crippen LogP contribution in [0.2, 0.25) is 0 Å². The lowest BCUT2D eigenvalue weighted by atomic mass is 10.2. The van der Waals surface area contributed by atoms with Gasteiger partial charge in [-0.1, -0.05) is 24.3 Å². The van der Waals surface area contributed by atoms with Gasteiger partial charge in [0.2, 0.25) is 0 Å². The predicted octanol–water partition coefficient (Wildman–Crippen LogP) is 1.73. The highest BCUT2D eigenvalue weighted by Crippen LogP contribution is 1.96. The molecule has 0 aromatic rings. The van der Waals surface area contributed by atoms with Gasteiger partial charge in [-0.2, -0.15) is 0 Å². The van der Waals surface area contributed by atoms with Gasteiger partial charge in [0.15, 0.2) is 0 Å². The maximum atomic E-state index is 3.61. The van der Waals surface area contributed by atoms with Gasteiger partial charge in [-0.15, -0.1) is 0 Å². The number of hydrogen-bond donors (Lipinski definition) is 1. The number of nitrogens with one attached hydrogen (secondary N) is 1. The molecule has 0 fully saturated rings. The van der Waals surface area contributed by atoms with Crippen molar-refractivity contribution in [3.8, 4) is 0 Å². The minimum Gasteiger partial charge on any atom is -0.319 e. The molecule has 1 nitrogen and oxygen atoms in total. The highest BCUT2D eigenvalue weighted by atomic mass is 14.8. The number of hydrogen-bond acceptors (Lipinski definition) is 1. The van der Waals surface area contributed by atoms with Crippen LogP contribution in [0.3, 0.4) is 0 Å². The summed E-state index contributed by atoms with van der Waals surface area (Å²) < 4.78 is 0. The molecule has 0 aliphatic heterocycles. The van der Waals surface area contributed by atoms with Crippen molar-refractivity contribution in [2.75, 3.05) is 13.6 Å². The third kappa shape index (κ3) is 5.31. The van der Waals surface area contributed by atoms with Crippen LogP contribution in [-0.4, -0.2) is 13.6 Å². The van der Waals surface area contributed by atoms with Crippen LogP contribution >= 0.6 is 0 Å². The fraction of sp³-hybridized carbons (Fsp3) is 0.500. The minimum atomic E-state index is 1.05. The average Bonchev–Trinajstić information content (AvgIpc) is 1.85. The fourth-order valence-corrected chi connectivity index (χ4v) is 0.607. The largest absolute Gasteiger partial charge is 0.319 e. The molecule has 0 atom stereocenters. The molecule has 0 bridgehead atoms. The summed E-state index contributed by atoms with van der Waals surface area (Å²) >= 11 is 0. The second kappa shape index (κ2) is 5.57. The zero-order valence-electron chi connectivity index (χ0n) is 6.28. The summed E-state index contributed by atoms with van der Waals surface area (Å²) in [5, 5.41) is 3.08. The van der Waals surface area contributed by atoms with Crippen molar-refractivity contribution in [2.45, 2.75) is 13.3 Å². The van der Waals surface area contributed by atoms with Gasteiger partial charge in [-0.05, 0) is 26.9 Å². The van der Waals surface area contributed by atoms with Gasteiger partial charge in [0.05, 0.1) is 0 Å². The van der Waals surface area contributed by atoms with Crippen LogP contribution in [0.5, 0.6) is 0 Å². The molecule has 0 amide bonds. The van der Waals surface area contributed by atoms with E-state index in [1.165, 1.54) is 5.57 Å². The Kier molecular flexibility index (Phi) is 5.23. The van der Waals surface area contributed by atoms with E-state index < -0.39 is 0 Å². The van der Waals surface area contributed by atoms with Crippen LogP contribution in [0.15, 0.2) is 24.3 Å². The molecule has 0 saturated carbocycles. The van der Waals surface area contributed by atoms with Crippen molar-refractivity contribution in [3.05, 3.63) is 24.3 Å². The van der Waals surface area contributed by atoms with Crippen molar-refractivity contribution in [3.63, 3.8) is 0 Å². The molecule has 0 unspecified atom stereocenters. The summed E-state index contributed by atoms with van der Waals surface area (Å²) in [6.45, 7) is 6.77. The second-order valence-corrected chi connectivity index (χ2v) is 2.10. The first kappa shape index (κ1) is 8.44. The fourth-order valence-electron chi connectivity index (χ4n) is 0.607. The highest BCUT2D eigenvalue weighted by Gasteiger charge is 1.83. The Morgan fingerprint density at radius 2 is 2.33 bits per heavy atom. The number of allylic oxidation sites excluding steroid dienone is 2. The van der Waals surface area contributed by atoms with E-state index in [2.05, 4.69) is 18.8 Å². The monoisotopic (exact) mass is 125 g/mol. The standard InChI is InChI=1S/C8H15N/c1-4-5-8(2)6-7-9-3/h4-5,9H,1,6-7H2,2-3H3/b8-5+. The molecule has 0 spiro atoms. The lowest BCUT2D eigenvalue weighted by Crippen LogP contribution is -2.07. The van der Waals surface area contributed by atoms with E-state index in [-0.39, 0.29) is 0 Å². The highest BCUT2D eigenvalue weighted by molar-refractivity contribution is 5.07. The molecule has 0 saturated heterocycles. The first-order chi connectivity index (χ1) is 4.31. The normalized spacial score (nSPS) is 11.6. The zero-order chi connectivity index (χ0) is 7.11. The Hall–Kier alpha value is -0.560. The molecule has 0 aliphatic carbocycles. The van der Waals surface area contributed by atoms with E-state index in [4.69, 9.17) is 0 Å². The van der Waals surface area contributed by atoms with Crippen LogP contribution in [-0.2, 0) is 0 Å². The Labute approximate surface area is 57.5 Å². The Balaban J connectivity index is 3.36. The first-order valence-corrected chi connectivity index (χ1v) is 3.24. The smallest absolute Gasteiger partial charge is 0.00146 e. The summed E-state index contributed by atoms with van der Waals surface area (Å²) in [7, 11) is 1.96. The van der Waals surface area contributed by atoms with Crippen LogP contribution in [0.4, 0.5) is 0 Å².